The van der Waals surface area contributed by atoms with E-state index in [1.165, 1.54) is 0 Å². The van der Waals surface area contributed by atoms with E-state index in [2.05, 4.69) is 0 Å². The summed E-state index contributed by atoms with van der Waals surface area (Å²) < 4.78 is 17.1. The molecule has 1 aliphatic heterocycles. The molecule has 0 spiro atoms. The lowest BCUT2D eigenvalue weighted by Gasteiger charge is -2.23. The van der Waals surface area contributed by atoms with E-state index in [0.717, 1.165) is 11.1 Å². The standard InChI is InChI=1S/C19H22O5/c20-11-16-17(22-12-14-7-3-1-4-8-14)18(19(21)24-16)23-13-15-9-5-2-6-10-15/h1-10,16-21H,11-13H2. The Morgan fingerprint density at radius 3 is 1.79 bits per heavy atom. The molecule has 5 nitrogen and oxygen atoms in total. The lowest BCUT2D eigenvalue weighted by Crippen LogP contribution is -2.38. The van der Waals surface area contributed by atoms with Crippen LogP contribution in [0.1, 0.15) is 11.1 Å². The van der Waals surface area contributed by atoms with Gasteiger partial charge in [0.1, 0.15) is 18.3 Å². The van der Waals surface area contributed by atoms with E-state index in [1.54, 1.807) is 0 Å². The van der Waals surface area contributed by atoms with E-state index in [-0.39, 0.29) is 6.61 Å². The van der Waals surface area contributed by atoms with Crippen molar-refractivity contribution in [2.75, 3.05) is 6.61 Å². The van der Waals surface area contributed by atoms with Crippen molar-refractivity contribution in [3.8, 4) is 0 Å². The second kappa shape index (κ2) is 8.37. The quantitative estimate of drug-likeness (QED) is 0.811. The van der Waals surface area contributed by atoms with Gasteiger partial charge in [0.2, 0.25) is 0 Å². The normalized spacial score (nSPS) is 26.6. The molecule has 2 aromatic rings. The fourth-order valence-corrected chi connectivity index (χ4v) is 2.77. The Balaban J connectivity index is 1.63. The Morgan fingerprint density at radius 2 is 1.29 bits per heavy atom. The first-order valence-corrected chi connectivity index (χ1v) is 8.03. The van der Waals surface area contributed by atoms with Crippen molar-refractivity contribution in [1.82, 2.24) is 0 Å². The highest BCUT2D eigenvalue weighted by atomic mass is 16.7. The fourth-order valence-electron chi connectivity index (χ4n) is 2.77. The largest absolute Gasteiger partial charge is 0.394 e. The van der Waals surface area contributed by atoms with E-state index >= 15 is 0 Å². The third kappa shape index (κ3) is 4.20. The van der Waals surface area contributed by atoms with Crippen LogP contribution in [0.25, 0.3) is 0 Å². The van der Waals surface area contributed by atoms with Crippen LogP contribution in [0.5, 0.6) is 0 Å². The van der Waals surface area contributed by atoms with Crippen LogP contribution in [-0.4, -0.2) is 41.4 Å². The Kier molecular flexibility index (Phi) is 5.96. The third-order valence-electron chi connectivity index (χ3n) is 4.04. The van der Waals surface area contributed by atoms with Crippen molar-refractivity contribution < 1.29 is 24.4 Å². The summed E-state index contributed by atoms with van der Waals surface area (Å²) >= 11 is 0. The minimum absolute atomic E-state index is 0.234. The van der Waals surface area contributed by atoms with Crippen LogP contribution in [0.4, 0.5) is 0 Å². The molecule has 0 amide bonds. The van der Waals surface area contributed by atoms with Crippen molar-refractivity contribution in [2.45, 2.75) is 37.8 Å². The molecule has 4 unspecified atom stereocenters. The SMILES string of the molecule is OCC1OC(O)C(OCc2ccccc2)C1OCc1ccccc1. The van der Waals surface area contributed by atoms with Crippen LogP contribution in [0.15, 0.2) is 60.7 Å². The van der Waals surface area contributed by atoms with Gasteiger partial charge in [-0.1, -0.05) is 60.7 Å². The Morgan fingerprint density at radius 1 is 0.792 bits per heavy atom. The maximum atomic E-state index is 10.1. The first kappa shape index (κ1) is 17.1. The highest BCUT2D eigenvalue weighted by Gasteiger charge is 2.45. The first-order chi connectivity index (χ1) is 11.8. The van der Waals surface area contributed by atoms with Gasteiger partial charge < -0.3 is 24.4 Å². The Bertz CT molecular complexity index is 604. The van der Waals surface area contributed by atoms with Gasteiger partial charge in [-0.2, -0.15) is 0 Å². The van der Waals surface area contributed by atoms with E-state index < -0.39 is 24.6 Å². The molecule has 2 aromatic carbocycles. The Labute approximate surface area is 141 Å². The lowest BCUT2D eigenvalue weighted by molar-refractivity contribution is -0.151. The van der Waals surface area contributed by atoms with Crippen molar-refractivity contribution >= 4 is 0 Å². The van der Waals surface area contributed by atoms with Gasteiger partial charge in [0.15, 0.2) is 6.29 Å². The predicted molar refractivity (Wildman–Crippen MR) is 88.0 cm³/mol. The average molecular weight is 330 g/mol. The molecule has 1 heterocycles. The molecule has 128 valence electrons. The van der Waals surface area contributed by atoms with Crippen LogP contribution in [-0.2, 0) is 27.4 Å². The first-order valence-electron chi connectivity index (χ1n) is 8.03. The summed E-state index contributed by atoms with van der Waals surface area (Å²) in [6, 6.07) is 19.4. The van der Waals surface area contributed by atoms with Crippen LogP contribution in [0.2, 0.25) is 0 Å². The van der Waals surface area contributed by atoms with Gasteiger partial charge in [0.25, 0.3) is 0 Å². The molecule has 3 rings (SSSR count). The van der Waals surface area contributed by atoms with Gasteiger partial charge in [-0.25, -0.2) is 0 Å². The summed E-state index contributed by atoms with van der Waals surface area (Å²) in [5.74, 6) is 0. The van der Waals surface area contributed by atoms with Gasteiger partial charge in [0, 0.05) is 0 Å². The molecule has 0 radical (unpaired) electrons. The second-order valence-corrected chi connectivity index (χ2v) is 5.77. The zero-order valence-electron chi connectivity index (χ0n) is 13.3. The molecule has 1 fully saturated rings. The van der Waals surface area contributed by atoms with Crippen LogP contribution >= 0.6 is 0 Å². The molecule has 5 heteroatoms. The molecule has 4 atom stereocenters. The zero-order valence-corrected chi connectivity index (χ0v) is 13.3. The van der Waals surface area contributed by atoms with Crippen molar-refractivity contribution in [3.63, 3.8) is 0 Å². The van der Waals surface area contributed by atoms with E-state index in [4.69, 9.17) is 14.2 Å². The minimum atomic E-state index is -1.12. The summed E-state index contributed by atoms with van der Waals surface area (Å²) in [5, 5.41) is 19.6. The summed E-state index contributed by atoms with van der Waals surface area (Å²) in [6.45, 7) is 0.472. The molecular formula is C19H22O5. The smallest absolute Gasteiger partial charge is 0.184 e. The van der Waals surface area contributed by atoms with Gasteiger partial charge in [0.05, 0.1) is 19.8 Å². The monoisotopic (exact) mass is 330 g/mol. The third-order valence-corrected chi connectivity index (χ3v) is 4.04. The Hall–Kier alpha value is -1.76. The summed E-state index contributed by atoms with van der Waals surface area (Å²) in [4.78, 5) is 0. The molecule has 1 saturated heterocycles. The van der Waals surface area contributed by atoms with Gasteiger partial charge in [-0.3, -0.25) is 0 Å². The van der Waals surface area contributed by atoms with E-state index in [1.807, 2.05) is 60.7 Å². The second-order valence-electron chi connectivity index (χ2n) is 5.77. The number of rotatable bonds is 7. The van der Waals surface area contributed by atoms with Crippen LogP contribution in [0.3, 0.4) is 0 Å². The number of hydrogen-bond donors (Lipinski definition) is 2. The van der Waals surface area contributed by atoms with E-state index in [0.29, 0.717) is 13.2 Å². The maximum absolute atomic E-state index is 10.1. The van der Waals surface area contributed by atoms with Crippen molar-refractivity contribution in [2.24, 2.45) is 0 Å². The fraction of sp³-hybridized carbons (Fsp3) is 0.368. The summed E-state index contributed by atoms with van der Waals surface area (Å²) in [6.07, 6.45) is -2.91. The number of aliphatic hydroxyl groups excluding tert-OH is 2. The number of ether oxygens (including phenoxy) is 3. The maximum Gasteiger partial charge on any atom is 0.184 e. The van der Waals surface area contributed by atoms with Crippen molar-refractivity contribution in [1.29, 1.82) is 0 Å². The molecule has 1 aliphatic rings. The number of benzene rings is 2. The summed E-state index contributed by atoms with van der Waals surface area (Å²) in [7, 11) is 0. The molecule has 0 aliphatic carbocycles. The topological polar surface area (TPSA) is 68.2 Å². The molecule has 0 saturated carbocycles. The van der Waals surface area contributed by atoms with Gasteiger partial charge in [-0.15, -0.1) is 0 Å². The van der Waals surface area contributed by atoms with Crippen molar-refractivity contribution in [3.05, 3.63) is 71.8 Å². The number of hydrogen-bond acceptors (Lipinski definition) is 5. The van der Waals surface area contributed by atoms with Crippen LogP contribution in [0, 0.1) is 0 Å². The average Bonchev–Trinajstić information content (AvgIpc) is 2.94. The van der Waals surface area contributed by atoms with E-state index in [9.17, 15) is 10.2 Å². The highest BCUT2D eigenvalue weighted by Crippen LogP contribution is 2.27. The molecular weight excluding hydrogens is 308 g/mol. The van der Waals surface area contributed by atoms with Crippen LogP contribution < -0.4 is 0 Å². The highest BCUT2D eigenvalue weighted by molar-refractivity contribution is 5.14. The molecule has 24 heavy (non-hydrogen) atoms. The zero-order chi connectivity index (χ0) is 16.8. The molecule has 2 N–H and O–H groups in total. The molecule has 0 aromatic heterocycles. The number of aliphatic hydroxyl groups is 2. The molecule has 0 bridgehead atoms. The predicted octanol–water partition coefficient (Wildman–Crippen LogP) is 1.87. The summed E-state index contributed by atoms with van der Waals surface area (Å²) in [5.41, 5.74) is 2.01. The minimum Gasteiger partial charge on any atom is -0.394 e. The lowest BCUT2D eigenvalue weighted by atomic mass is 10.1. The van der Waals surface area contributed by atoms with Gasteiger partial charge in [-0.05, 0) is 11.1 Å². The van der Waals surface area contributed by atoms with Gasteiger partial charge >= 0.3 is 0 Å².